The summed E-state index contributed by atoms with van der Waals surface area (Å²) in [4.78, 5) is 0. The van der Waals surface area contributed by atoms with E-state index in [9.17, 15) is 13.2 Å². The molecule has 1 aliphatic rings. The summed E-state index contributed by atoms with van der Waals surface area (Å²) < 4.78 is 62.9. The Morgan fingerprint density at radius 2 is 1.31 bits per heavy atom. The normalized spacial score (nSPS) is 12.3. The van der Waals surface area contributed by atoms with Gasteiger partial charge in [-0.3, -0.25) is 4.55 Å². The summed E-state index contributed by atoms with van der Waals surface area (Å²) in [6, 6.07) is 32.4. The number of benzene rings is 4. The molecular formula is C27H21F3O4S. The monoisotopic (exact) mass is 498 g/mol. The largest absolute Gasteiger partial charge is 0.522 e. The first-order chi connectivity index (χ1) is 16.6. The molecule has 0 fully saturated rings. The van der Waals surface area contributed by atoms with Crippen LogP contribution in [0, 0.1) is 0 Å². The van der Waals surface area contributed by atoms with Gasteiger partial charge in [0.2, 0.25) is 0 Å². The van der Waals surface area contributed by atoms with Crippen molar-refractivity contribution in [3.05, 3.63) is 102 Å². The van der Waals surface area contributed by atoms with E-state index in [0.29, 0.717) is 0 Å². The lowest BCUT2D eigenvalue weighted by molar-refractivity contribution is -0.0510. The highest BCUT2D eigenvalue weighted by Crippen LogP contribution is 2.45. The first kappa shape index (κ1) is 24.5. The van der Waals surface area contributed by atoms with Gasteiger partial charge in [0.25, 0.3) is 0 Å². The Balaban J connectivity index is 0.000000314. The molecule has 1 N–H and O–H groups in total. The Morgan fingerprint density at radius 1 is 0.743 bits per heavy atom. The van der Waals surface area contributed by atoms with E-state index in [-0.39, 0.29) is 0 Å². The lowest BCUT2D eigenvalue weighted by atomic mass is 9.88. The summed E-state index contributed by atoms with van der Waals surface area (Å²) in [5, 5.41) is 0. The molecule has 4 aromatic carbocycles. The Labute approximate surface area is 201 Å². The van der Waals surface area contributed by atoms with Crippen LogP contribution >= 0.6 is 0 Å². The van der Waals surface area contributed by atoms with E-state index in [2.05, 4.69) is 78.9 Å². The number of hydrogen-bond acceptors (Lipinski definition) is 3. The van der Waals surface area contributed by atoms with E-state index < -0.39 is 15.6 Å². The number of alkyl halides is 3. The van der Waals surface area contributed by atoms with Crippen molar-refractivity contribution in [2.75, 3.05) is 7.11 Å². The summed E-state index contributed by atoms with van der Waals surface area (Å²) in [6.45, 7) is 0. The molecule has 5 rings (SSSR count). The summed E-state index contributed by atoms with van der Waals surface area (Å²) in [5.74, 6) is 0.883. The van der Waals surface area contributed by atoms with E-state index in [4.69, 9.17) is 17.7 Å². The molecule has 0 aliphatic heterocycles. The van der Waals surface area contributed by atoms with Crippen LogP contribution in [-0.2, 0) is 16.5 Å². The third-order valence-corrected chi connectivity index (χ3v) is 6.33. The molecule has 1 aliphatic carbocycles. The average Bonchev–Trinajstić information content (AvgIpc) is 3.22. The molecule has 0 unspecified atom stereocenters. The van der Waals surface area contributed by atoms with Crippen LogP contribution in [0.3, 0.4) is 0 Å². The van der Waals surface area contributed by atoms with Crippen molar-refractivity contribution < 1.29 is 30.9 Å². The third kappa shape index (κ3) is 5.08. The fourth-order valence-electron chi connectivity index (χ4n) is 4.16. The van der Waals surface area contributed by atoms with Crippen LogP contribution < -0.4 is 4.74 Å². The minimum atomic E-state index is -5.84. The van der Waals surface area contributed by atoms with Gasteiger partial charge in [0.05, 0.1) is 7.11 Å². The summed E-state index contributed by atoms with van der Waals surface area (Å²) >= 11 is 0. The molecule has 8 heteroatoms. The molecule has 35 heavy (non-hydrogen) atoms. The summed E-state index contributed by atoms with van der Waals surface area (Å²) in [5.41, 5.74) is 5.14. The smallest absolute Gasteiger partial charge is 0.497 e. The molecule has 0 aromatic heterocycles. The van der Waals surface area contributed by atoms with Crippen molar-refractivity contribution in [2.45, 2.75) is 11.9 Å². The van der Waals surface area contributed by atoms with Gasteiger partial charge in [-0.05, 0) is 63.1 Å². The molecule has 0 heterocycles. The Morgan fingerprint density at radius 3 is 1.91 bits per heavy atom. The number of rotatable bonds is 3. The van der Waals surface area contributed by atoms with Crippen LogP contribution in [0.15, 0.2) is 91.0 Å². The van der Waals surface area contributed by atoms with Crippen LogP contribution in [0.25, 0.3) is 33.4 Å². The number of methoxy groups -OCH3 is 1. The highest BCUT2D eigenvalue weighted by molar-refractivity contribution is 7.86. The van der Waals surface area contributed by atoms with Gasteiger partial charge >= 0.3 is 15.6 Å². The minimum absolute atomic E-state index is 0.883. The summed E-state index contributed by atoms with van der Waals surface area (Å²) in [6.07, 6.45) is 0.986. The van der Waals surface area contributed by atoms with E-state index in [1.165, 1.54) is 44.5 Å². The maximum Gasteiger partial charge on any atom is 0.522 e. The molecule has 180 valence electrons. The SMILES string of the molecule is COc1ccc(-c2ccc3c(c2-c2ccccc2)Cc2ccccc2-3)cc1.O=S(=O)(O)C(F)(F)F. The van der Waals surface area contributed by atoms with Gasteiger partial charge in [0.15, 0.2) is 0 Å². The van der Waals surface area contributed by atoms with E-state index >= 15 is 0 Å². The molecule has 0 saturated carbocycles. The fourth-order valence-corrected chi connectivity index (χ4v) is 4.16. The van der Waals surface area contributed by atoms with E-state index in [0.717, 1.165) is 12.2 Å². The molecule has 4 aromatic rings. The Bertz CT molecular complexity index is 1450. The first-order valence-corrected chi connectivity index (χ1v) is 12.0. The van der Waals surface area contributed by atoms with E-state index in [1.54, 1.807) is 7.11 Å². The van der Waals surface area contributed by atoms with Gasteiger partial charge in [-0.1, -0.05) is 78.9 Å². The number of fused-ring (bicyclic) bond motifs is 3. The van der Waals surface area contributed by atoms with Crippen molar-refractivity contribution in [3.63, 3.8) is 0 Å². The third-order valence-electron chi connectivity index (χ3n) is 5.74. The minimum Gasteiger partial charge on any atom is -0.497 e. The second kappa shape index (κ2) is 9.56. The van der Waals surface area contributed by atoms with Gasteiger partial charge < -0.3 is 4.74 Å². The topological polar surface area (TPSA) is 63.6 Å². The molecule has 0 atom stereocenters. The zero-order chi connectivity index (χ0) is 25.2. The molecule has 0 amide bonds. The predicted octanol–water partition coefficient (Wildman–Crippen LogP) is 6.99. The standard InChI is InChI=1S/C26H20O.CHF3O3S/c1-27-21-13-11-18(12-14-21)23-15-16-24-22-10-6-5-9-20(22)17-25(24)26(23)19-7-3-2-4-8-19;2-1(3,4)8(5,6)7/h2-16H,17H2,1H3;(H,5,6,7). The van der Waals surface area contributed by atoms with E-state index in [1.807, 2.05) is 12.1 Å². The maximum absolute atomic E-state index is 10.7. The quantitative estimate of drug-likeness (QED) is 0.215. The van der Waals surface area contributed by atoms with Gasteiger partial charge in [-0.15, -0.1) is 0 Å². The van der Waals surface area contributed by atoms with Crippen LogP contribution in [-0.4, -0.2) is 25.6 Å². The number of hydrogen-bond donors (Lipinski definition) is 1. The highest BCUT2D eigenvalue weighted by Gasteiger charge is 2.44. The lowest BCUT2D eigenvalue weighted by Gasteiger charge is -2.16. The van der Waals surface area contributed by atoms with Crippen LogP contribution in [0.2, 0.25) is 0 Å². The molecule has 0 saturated heterocycles. The molecule has 4 nitrogen and oxygen atoms in total. The maximum atomic E-state index is 10.7. The number of halogens is 3. The summed E-state index contributed by atoms with van der Waals surface area (Å²) in [7, 11) is -4.13. The zero-order valence-corrected chi connectivity index (χ0v) is 19.4. The van der Waals surface area contributed by atoms with Gasteiger partial charge in [0, 0.05) is 0 Å². The lowest BCUT2D eigenvalue weighted by Crippen LogP contribution is -2.21. The van der Waals surface area contributed by atoms with Crippen LogP contribution in [0.1, 0.15) is 11.1 Å². The Kier molecular flexibility index (Phi) is 6.69. The molecular weight excluding hydrogens is 477 g/mol. The van der Waals surface area contributed by atoms with Gasteiger partial charge in [-0.25, -0.2) is 0 Å². The average molecular weight is 499 g/mol. The fraction of sp³-hybridized carbons (Fsp3) is 0.111. The van der Waals surface area contributed by atoms with Gasteiger partial charge in [0.1, 0.15) is 5.75 Å². The number of ether oxygens (including phenoxy) is 1. The van der Waals surface area contributed by atoms with Crippen molar-refractivity contribution in [1.82, 2.24) is 0 Å². The highest BCUT2D eigenvalue weighted by atomic mass is 32.2. The first-order valence-electron chi connectivity index (χ1n) is 10.6. The van der Waals surface area contributed by atoms with Crippen LogP contribution in [0.5, 0.6) is 5.75 Å². The Hall–Kier alpha value is -3.62. The molecule has 0 spiro atoms. The molecule has 0 bridgehead atoms. The van der Waals surface area contributed by atoms with Crippen LogP contribution in [0.4, 0.5) is 13.2 Å². The predicted molar refractivity (Wildman–Crippen MR) is 130 cm³/mol. The second-order valence-electron chi connectivity index (χ2n) is 7.86. The zero-order valence-electron chi connectivity index (χ0n) is 18.6. The van der Waals surface area contributed by atoms with Crippen molar-refractivity contribution >= 4 is 10.1 Å². The van der Waals surface area contributed by atoms with Crippen molar-refractivity contribution in [3.8, 4) is 39.1 Å². The second-order valence-corrected chi connectivity index (χ2v) is 9.28. The molecule has 0 radical (unpaired) electrons. The van der Waals surface area contributed by atoms with Crippen molar-refractivity contribution in [2.24, 2.45) is 0 Å². The van der Waals surface area contributed by atoms with Gasteiger partial charge in [-0.2, -0.15) is 21.6 Å². The van der Waals surface area contributed by atoms with Crippen molar-refractivity contribution in [1.29, 1.82) is 0 Å².